The van der Waals surface area contributed by atoms with Crippen molar-refractivity contribution in [2.24, 2.45) is 0 Å². The van der Waals surface area contributed by atoms with Gasteiger partial charge in [-0.05, 0) is 31.0 Å². The highest BCUT2D eigenvalue weighted by molar-refractivity contribution is 6.42. The number of carbonyl (C=O) groups is 2. The number of halogens is 5. The van der Waals surface area contributed by atoms with E-state index in [1.807, 2.05) is 0 Å². The minimum absolute atomic E-state index is 0.0230. The summed E-state index contributed by atoms with van der Waals surface area (Å²) in [5.74, 6) is 3.46. The molecule has 1 N–H and O–H groups in total. The van der Waals surface area contributed by atoms with E-state index < -0.39 is 23.7 Å². The van der Waals surface area contributed by atoms with E-state index in [4.69, 9.17) is 23.2 Å². The van der Waals surface area contributed by atoms with E-state index >= 15 is 0 Å². The Morgan fingerprint density at radius 1 is 1.10 bits per heavy atom. The summed E-state index contributed by atoms with van der Waals surface area (Å²) in [7, 11) is 0. The lowest BCUT2D eigenvalue weighted by molar-refractivity contribution is -0.130. The van der Waals surface area contributed by atoms with E-state index in [0.29, 0.717) is 28.5 Å². The third-order valence-electron chi connectivity index (χ3n) is 4.79. The van der Waals surface area contributed by atoms with E-state index in [2.05, 4.69) is 17.2 Å². The summed E-state index contributed by atoms with van der Waals surface area (Å²) in [6.45, 7) is 0.434. The number of benzene rings is 1. The molecule has 30 heavy (non-hydrogen) atoms. The van der Waals surface area contributed by atoms with Crippen molar-refractivity contribution in [3.05, 3.63) is 45.7 Å². The highest BCUT2D eigenvalue weighted by atomic mass is 35.5. The van der Waals surface area contributed by atoms with Crippen LogP contribution in [0.2, 0.25) is 10.0 Å². The molecular weight excluding hydrogens is 442 g/mol. The largest absolute Gasteiger partial charge is 0.333 e. The highest BCUT2D eigenvalue weighted by Crippen LogP contribution is 2.35. The molecule has 0 radical (unpaired) electrons. The van der Waals surface area contributed by atoms with Crippen LogP contribution in [0.4, 0.5) is 18.0 Å². The topological polar surface area (TPSA) is 52.7 Å². The number of hydrogen-bond acceptors (Lipinski definition) is 2. The quantitative estimate of drug-likeness (QED) is 0.551. The third kappa shape index (κ3) is 5.61. The summed E-state index contributed by atoms with van der Waals surface area (Å²) in [4.78, 5) is 26.9. The molecule has 5 nitrogen and oxygen atoms in total. The van der Waals surface area contributed by atoms with Crippen molar-refractivity contribution in [2.75, 3.05) is 26.2 Å². The number of piperazine rings is 1. The Labute approximate surface area is 181 Å². The van der Waals surface area contributed by atoms with Crippen LogP contribution in [0.5, 0.6) is 0 Å². The molecule has 1 heterocycles. The number of allylic oxidation sites excluding steroid dienone is 1. The van der Waals surface area contributed by atoms with E-state index in [0.717, 1.165) is 4.90 Å². The fourth-order valence-corrected chi connectivity index (χ4v) is 3.20. The Morgan fingerprint density at radius 3 is 2.30 bits per heavy atom. The zero-order valence-electron chi connectivity index (χ0n) is 15.7. The number of nitrogens with one attached hydrogen (secondary N) is 1. The van der Waals surface area contributed by atoms with Gasteiger partial charge in [-0.2, -0.15) is 0 Å². The SMILES string of the molecule is O=C(NC1(C#Cc2ccc(Cl)c(Cl)c2)CC1)N1CCN(C(=O)C(F)=CC(F)F)CC1. The van der Waals surface area contributed by atoms with Crippen LogP contribution in [0.15, 0.2) is 30.1 Å². The van der Waals surface area contributed by atoms with Crippen LogP contribution in [0.3, 0.4) is 0 Å². The molecule has 10 heteroatoms. The van der Waals surface area contributed by atoms with Crippen LogP contribution in [0, 0.1) is 11.8 Å². The molecule has 0 unspecified atom stereocenters. The maximum Gasteiger partial charge on any atom is 0.318 e. The Hall–Kier alpha value is -2.37. The first-order valence-corrected chi connectivity index (χ1v) is 9.95. The van der Waals surface area contributed by atoms with Gasteiger partial charge in [0.25, 0.3) is 12.3 Å². The van der Waals surface area contributed by atoms with Gasteiger partial charge in [0, 0.05) is 37.8 Å². The maximum atomic E-state index is 13.5. The van der Waals surface area contributed by atoms with Crippen LogP contribution in [0.1, 0.15) is 18.4 Å². The second kappa shape index (κ2) is 9.19. The Kier molecular flexibility index (Phi) is 6.84. The van der Waals surface area contributed by atoms with Crippen molar-refractivity contribution in [3.8, 4) is 11.8 Å². The van der Waals surface area contributed by atoms with E-state index in [1.54, 1.807) is 18.2 Å². The minimum atomic E-state index is -3.04. The first kappa shape index (κ1) is 22.3. The van der Waals surface area contributed by atoms with E-state index in [-0.39, 0.29) is 38.3 Å². The zero-order chi connectivity index (χ0) is 21.9. The standard InChI is InChI=1S/C20H18Cl2F3N3O2/c21-14-2-1-13(11-15(14)22)3-4-20(5-6-20)26-19(30)28-9-7-27(8-10-28)18(29)16(23)12-17(24)25/h1-2,11-12,17H,5-10H2,(H,26,30). The van der Waals surface area contributed by atoms with Crippen molar-refractivity contribution in [1.29, 1.82) is 0 Å². The predicted molar refractivity (Wildman–Crippen MR) is 107 cm³/mol. The fourth-order valence-electron chi connectivity index (χ4n) is 2.90. The summed E-state index contributed by atoms with van der Waals surface area (Å²) in [5, 5.41) is 3.72. The average Bonchev–Trinajstić information content (AvgIpc) is 3.47. The second-order valence-electron chi connectivity index (χ2n) is 7.02. The lowest BCUT2D eigenvalue weighted by atomic mass is 10.2. The number of alkyl halides is 2. The maximum absolute atomic E-state index is 13.5. The first-order valence-electron chi connectivity index (χ1n) is 9.19. The molecular formula is C20H18Cl2F3N3O2. The minimum Gasteiger partial charge on any atom is -0.333 e. The molecule has 160 valence electrons. The first-order chi connectivity index (χ1) is 14.2. The zero-order valence-corrected chi connectivity index (χ0v) is 17.2. The molecule has 1 aliphatic carbocycles. The van der Waals surface area contributed by atoms with Gasteiger partial charge >= 0.3 is 6.03 Å². The molecule has 1 saturated carbocycles. The Bertz CT molecular complexity index is 931. The van der Waals surface area contributed by atoms with Gasteiger partial charge in [0.2, 0.25) is 0 Å². The molecule has 2 fully saturated rings. The summed E-state index contributed by atoms with van der Waals surface area (Å²) in [6, 6.07) is 4.68. The van der Waals surface area contributed by atoms with Crippen molar-refractivity contribution in [3.63, 3.8) is 0 Å². The van der Waals surface area contributed by atoms with Gasteiger partial charge in [0.1, 0.15) is 5.54 Å². The number of carbonyl (C=O) groups excluding carboxylic acids is 2. The molecule has 1 aliphatic heterocycles. The smallest absolute Gasteiger partial charge is 0.318 e. The van der Waals surface area contributed by atoms with Crippen molar-refractivity contribution >= 4 is 35.1 Å². The van der Waals surface area contributed by atoms with Gasteiger partial charge in [-0.1, -0.05) is 35.0 Å². The summed E-state index contributed by atoms with van der Waals surface area (Å²) in [5.41, 5.74) is 0.0540. The van der Waals surface area contributed by atoms with Gasteiger partial charge in [0.05, 0.1) is 10.0 Å². The van der Waals surface area contributed by atoms with Gasteiger partial charge in [-0.25, -0.2) is 18.0 Å². The van der Waals surface area contributed by atoms with Crippen LogP contribution < -0.4 is 5.32 Å². The molecule has 2 aliphatic rings. The van der Waals surface area contributed by atoms with Crippen molar-refractivity contribution in [2.45, 2.75) is 24.8 Å². The van der Waals surface area contributed by atoms with E-state index in [9.17, 15) is 22.8 Å². The number of hydrogen-bond donors (Lipinski definition) is 1. The van der Waals surface area contributed by atoms with E-state index in [1.165, 1.54) is 4.90 Å². The Morgan fingerprint density at radius 2 is 1.73 bits per heavy atom. The van der Waals surface area contributed by atoms with Crippen LogP contribution in [-0.4, -0.2) is 59.9 Å². The molecule has 0 bridgehead atoms. The number of urea groups is 1. The summed E-state index contributed by atoms with van der Waals surface area (Å²) >= 11 is 11.9. The van der Waals surface area contributed by atoms with Crippen LogP contribution >= 0.6 is 23.2 Å². The van der Waals surface area contributed by atoms with Gasteiger partial charge in [-0.15, -0.1) is 0 Å². The third-order valence-corrected chi connectivity index (χ3v) is 5.53. The summed E-state index contributed by atoms with van der Waals surface area (Å²) in [6.07, 6.45) is -1.66. The average molecular weight is 460 g/mol. The second-order valence-corrected chi connectivity index (χ2v) is 7.83. The van der Waals surface area contributed by atoms with Crippen molar-refractivity contribution in [1.82, 2.24) is 15.1 Å². The molecule has 0 spiro atoms. The van der Waals surface area contributed by atoms with Gasteiger partial charge in [-0.3, -0.25) is 4.79 Å². The van der Waals surface area contributed by atoms with Crippen LogP contribution in [-0.2, 0) is 4.79 Å². The van der Waals surface area contributed by atoms with Crippen molar-refractivity contribution < 1.29 is 22.8 Å². The monoisotopic (exact) mass is 459 g/mol. The molecule has 0 aromatic heterocycles. The van der Waals surface area contributed by atoms with Gasteiger partial charge < -0.3 is 15.1 Å². The Balaban J connectivity index is 1.54. The molecule has 3 rings (SSSR count). The normalized spacial score (nSPS) is 18.0. The lowest BCUT2D eigenvalue weighted by Gasteiger charge is -2.35. The number of rotatable bonds is 3. The number of nitrogens with zero attached hydrogens (tertiary/aromatic N) is 2. The molecule has 1 saturated heterocycles. The lowest BCUT2D eigenvalue weighted by Crippen LogP contribution is -2.55. The summed E-state index contributed by atoms with van der Waals surface area (Å²) < 4.78 is 37.8. The fraction of sp³-hybridized carbons (Fsp3) is 0.400. The molecule has 1 aromatic rings. The van der Waals surface area contributed by atoms with Gasteiger partial charge in [0.15, 0.2) is 5.83 Å². The molecule has 3 amide bonds. The highest BCUT2D eigenvalue weighted by Gasteiger charge is 2.44. The molecule has 1 aromatic carbocycles. The molecule has 0 atom stereocenters. The predicted octanol–water partition coefficient (Wildman–Crippen LogP) is 3.85. The number of amides is 3. The van der Waals surface area contributed by atoms with Crippen LogP contribution in [0.25, 0.3) is 0 Å².